The first-order valence-electron chi connectivity index (χ1n) is 10.3. The maximum absolute atomic E-state index is 11.8. The van der Waals surface area contributed by atoms with Crippen molar-refractivity contribution in [1.29, 1.82) is 0 Å². The summed E-state index contributed by atoms with van der Waals surface area (Å²) in [5.41, 5.74) is 2.09. The zero-order chi connectivity index (χ0) is 20.5. The van der Waals surface area contributed by atoms with Crippen molar-refractivity contribution in [2.24, 2.45) is 4.99 Å². The SMILES string of the molecule is CCNC(=NCc1ncc(-c2ccccc2)[nH]1)NC1CCN(C(=O)OCC)CC1.I. The number of amides is 1. The van der Waals surface area contributed by atoms with Gasteiger partial charge in [0.2, 0.25) is 0 Å². The van der Waals surface area contributed by atoms with E-state index in [0.29, 0.717) is 26.2 Å². The minimum absolute atomic E-state index is 0. The summed E-state index contributed by atoms with van der Waals surface area (Å²) >= 11 is 0. The third-order valence-electron chi connectivity index (χ3n) is 4.81. The molecule has 0 atom stereocenters. The third kappa shape index (κ3) is 6.89. The number of carbonyl (C=O) groups excluding carboxylic acids is 1. The van der Waals surface area contributed by atoms with Gasteiger partial charge in [-0.15, -0.1) is 24.0 Å². The lowest BCUT2D eigenvalue weighted by Gasteiger charge is -2.32. The number of benzene rings is 1. The third-order valence-corrected chi connectivity index (χ3v) is 4.81. The minimum Gasteiger partial charge on any atom is -0.450 e. The normalized spacial score (nSPS) is 14.7. The van der Waals surface area contributed by atoms with Gasteiger partial charge in [-0.05, 0) is 32.3 Å². The van der Waals surface area contributed by atoms with Gasteiger partial charge in [0.25, 0.3) is 0 Å². The van der Waals surface area contributed by atoms with Crippen LogP contribution in [-0.2, 0) is 11.3 Å². The van der Waals surface area contributed by atoms with E-state index in [9.17, 15) is 4.79 Å². The van der Waals surface area contributed by atoms with Gasteiger partial charge in [0.15, 0.2) is 5.96 Å². The summed E-state index contributed by atoms with van der Waals surface area (Å²) in [6.07, 6.45) is 3.34. The second kappa shape index (κ2) is 12.4. The Hall–Kier alpha value is -2.30. The van der Waals surface area contributed by atoms with Crippen LogP contribution in [0.1, 0.15) is 32.5 Å². The molecule has 0 bridgehead atoms. The molecule has 0 aliphatic carbocycles. The zero-order valence-electron chi connectivity index (χ0n) is 17.6. The molecule has 164 valence electrons. The van der Waals surface area contributed by atoms with Crippen LogP contribution < -0.4 is 10.6 Å². The molecule has 0 spiro atoms. The Labute approximate surface area is 194 Å². The molecule has 1 aromatic carbocycles. The van der Waals surface area contributed by atoms with Crippen molar-refractivity contribution >= 4 is 36.0 Å². The van der Waals surface area contributed by atoms with Crippen molar-refractivity contribution in [2.45, 2.75) is 39.3 Å². The van der Waals surface area contributed by atoms with Gasteiger partial charge >= 0.3 is 6.09 Å². The smallest absolute Gasteiger partial charge is 0.409 e. The molecule has 1 aliphatic rings. The predicted molar refractivity (Wildman–Crippen MR) is 129 cm³/mol. The van der Waals surface area contributed by atoms with Crippen LogP contribution in [0.15, 0.2) is 41.5 Å². The number of nitrogens with zero attached hydrogens (tertiary/aromatic N) is 3. The number of imidazole rings is 1. The molecule has 0 radical (unpaired) electrons. The van der Waals surface area contributed by atoms with Gasteiger partial charge in [-0.1, -0.05) is 30.3 Å². The molecule has 9 heteroatoms. The number of piperidine rings is 1. The number of likely N-dealkylation sites (tertiary alicyclic amines) is 1. The van der Waals surface area contributed by atoms with E-state index in [1.54, 1.807) is 4.90 Å². The first-order chi connectivity index (χ1) is 14.2. The first kappa shape index (κ1) is 24.0. The Morgan fingerprint density at radius 2 is 2.00 bits per heavy atom. The molecule has 0 saturated carbocycles. The number of ether oxygens (including phenoxy) is 1. The van der Waals surface area contributed by atoms with Crippen molar-refractivity contribution in [2.75, 3.05) is 26.2 Å². The molecule has 0 unspecified atom stereocenters. The summed E-state index contributed by atoms with van der Waals surface area (Å²) in [5.74, 6) is 1.58. The van der Waals surface area contributed by atoms with Crippen molar-refractivity contribution in [3.05, 3.63) is 42.4 Å². The van der Waals surface area contributed by atoms with Gasteiger partial charge in [-0.2, -0.15) is 0 Å². The van der Waals surface area contributed by atoms with E-state index in [4.69, 9.17) is 4.74 Å². The van der Waals surface area contributed by atoms with Crippen molar-refractivity contribution in [1.82, 2.24) is 25.5 Å². The highest BCUT2D eigenvalue weighted by atomic mass is 127. The predicted octanol–water partition coefficient (Wildman–Crippen LogP) is 3.37. The fourth-order valence-electron chi connectivity index (χ4n) is 3.30. The number of aromatic nitrogens is 2. The summed E-state index contributed by atoms with van der Waals surface area (Å²) < 4.78 is 5.08. The van der Waals surface area contributed by atoms with E-state index in [-0.39, 0.29) is 36.1 Å². The molecule has 1 amide bonds. The minimum atomic E-state index is -0.224. The molecular weight excluding hydrogens is 495 g/mol. The van der Waals surface area contributed by atoms with E-state index in [1.807, 2.05) is 38.2 Å². The van der Waals surface area contributed by atoms with Crippen LogP contribution in [0.5, 0.6) is 0 Å². The van der Waals surface area contributed by atoms with Crippen LogP contribution in [0.4, 0.5) is 4.79 Å². The number of H-pyrrole nitrogens is 1. The van der Waals surface area contributed by atoms with Crippen LogP contribution >= 0.6 is 24.0 Å². The number of carbonyl (C=O) groups is 1. The Morgan fingerprint density at radius 1 is 1.27 bits per heavy atom. The molecule has 30 heavy (non-hydrogen) atoms. The molecule has 3 rings (SSSR count). The van der Waals surface area contributed by atoms with Crippen LogP contribution in [0.25, 0.3) is 11.3 Å². The number of hydrogen-bond acceptors (Lipinski definition) is 4. The first-order valence-corrected chi connectivity index (χ1v) is 10.3. The molecule has 8 nitrogen and oxygen atoms in total. The lowest BCUT2D eigenvalue weighted by molar-refractivity contribution is 0.0963. The number of guanidine groups is 1. The Morgan fingerprint density at radius 3 is 2.67 bits per heavy atom. The highest BCUT2D eigenvalue weighted by Gasteiger charge is 2.24. The van der Waals surface area contributed by atoms with Crippen LogP contribution in [0.2, 0.25) is 0 Å². The number of halogens is 1. The van der Waals surface area contributed by atoms with Gasteiger partial charge in [0, 0.05) is 25.7 Å². The maximum atomic E-state index is 11.8. The topological polar surface area (TPSA) is 94.6 Å². The second-order valence-corrected chi connectivity index (χ2v) is 6.91. The monoisotopic (exact) mass is 526 g/mol. The van der Waals surface area contributed by atoms with Gasteiger partial charge < -0.3 is 25.3 Å². The molecule has 1 aliphatic heterocycles. The Bertz CT molecular complexity index is 803. The van der Waals surface area contributed by atoms with E-state index in [0.717, 1.165) is 42.4 Å². The van der Waals surface area contributed by atoms with Gasteiger partial charge in [-0.25, -0.2) is 14.8 Å². The molecule has 3 N–H and O–H groups in total. The quantitative estimate of drug-likeness (QED) is 0.305. The van der Waals surface area contributed by atoms with Crippen molar-refractivity contribution < 1.29 is 9.53 Å². The van der Waals surface area contributed by atoms with E-state index < -0.39 is 0 Å². The Kier molecular flexibility index (Phi) is 9.92. The lowest BCUT2D eigenvalue weighted by atomic mass is 10.1. The van der Waals surface area contributed by atoms with Gasteiger partial charge in [0.05, 0.1) is 18.5 Å². The molecule has 1 saturated heterocycles. The number of aliphatic imine (C=N–C) groups is 1. The summed E-state index contributed by atoms with van der Waals surface area (Å²) in [6.45, 7) is 6.90. The fourth-order valence-corrected chi connectivity index (χ4v) is 3.30. The summed E-state index contributed by atoms with van der Waals surface area (Å²) in [7, 11) is 0. The zero-order valence-corrected chi connectivity index (χ0v) is 19.9. The highest BCUT2D eigenvalue weighted by molar-refractivity contribution is 14.0. The van der Waals surface area contributed by atoms with Gasteiger partial charge in [0.1, 0.15) is 12.4 Å². The van der Waals surface area contributed by atoms with Crippen LogP contribution in [0.3, 0.4) is 0 Å². The van der Waals surface area contributed by atoms with Crippen LogP contribution in [-0.4, -0.2) is 59.2 Å². The largest absolute Gasteiger partial charge is 0.450 e. The molecule has 2 heterocycles. The number of nitrogens with one attached hydrogen (secondary N) is 3. The molecule has 2 aromatic rings. The second-order valence-electron chi connectivity index (χ2n) is 6.91. The van der Waals surface area contributed by atoms with E-state index >= 15 is 0 Å². The number of hydrogen-bond donors (Lipinski definition) is 3. The van der Waals surface area contributed by atoms with E-state index in [1.165, 1.54) is 0 Å². The van der Waals surface area contributed by atoms with Crippen molar-refractivity contribution in [3.8, 4) is 11.3 Å². The molecule has 1 aromatic heterocycles. The Balaban J connectivity index is 0.00000320. The standard InChI is InChI=1S/C21H30N6O2.HI/c1-3-22-20(25-17-10-12-27(13-11-17)21(28)29-4-2)24-15-19-23-14-18(26-19)16-8-6-5-7-9-16;/h5-9,14,17H,3-4,10-13,15H2,1-2H3,(H,23,26)(H2,22,24,25);1H. The fraction of sp³-hybridized carbons (Fsp3) is 0.476. The number of rotatable bonds is 6. The lowest BCUT2D eigenvalue weighted by Crippen LogP contribution is -2.49. The maximum Gasteiger partial charge on any atom is 0.409 e. The van der Waals surface area contributed by atoms with Crippen LogP contribution in [0, 0.1) is 0 Å². The van der Waals surface area contributed by atoms with Gasteiger partial charge in [-0.3, -0.25) is 0 Å². The molecule has 1 fully saturated rings. The average molecular weight is 526 g/mol. The van der Waals surface area contributed by atoms with Crippen molar-refractivity contribution in [3.63, 3.8) is 0 Å². The summed E-state index contributed by atoms with van der Waals surface area (Å²) in [6, 6.07) is 10.4. The van der Waals surface area contributed by atoms with E-state index in [2.05, 4.69) is 37.7 Å². The average Bonchev–Trinajstić information content (AvgIpc) is 3.23. The highest BCUT2D eigenvalue weighted by Crippen LogP contribution is 2.16. The molecular formula is C21H31IN6O2. The summed E-state index contributed by atoms with van der Waals surface area (Å²) in [5, 5.41) is 6.76. The summed E-state index contributed by atoms with van der Waals surface area (Å²) in [4.78, 5) is 26.0. The number of aromatic amines is 1.